The zero-order valence-corrected chi connectivity index (χ0v) is 14.7. The van der Waals surface area contributed by atoms with E-state index in [-0.39, 0.29) is 0 Å². The second-order valence-electron chi connectivity index (χ2n) is 6.04. The van der Waals surface area contributed by atoms with Gasteiger partial charge in [-0.2, -0.15) is 0 Å². The summed E-state index contributed by atoms with van der Waals surface area (Å²) in [7, 11) is 2.14. The van der Waals surface area contributed by atoms with Crippen molar-refractivity contribution in [3.8, 4) is 0 Å². The molecule has 2 aromatic rings. The van der Waals surface area contributed by atoms with Gasteiger partial charge in [0.1, 0.15) is 5.71 Å². The third kappa shape index (κ3) is 4.38. The Morgan fingerprint density at radius 1 is 1.00 bits per heavy atom. The van der Waals surface area contributed by atoms with Crippen molar-refractivity contribution in [1.29, 1.82) is 0 Å². The minimum Gasteiger partial charge on any atom is -0.411 e. The van der Waals surface area contributed by atoms with E-state index in [0.29, 0.717) is 6.54 Å². The minimum absolute atomic E-state index is 0.677. The molecule has 0 atom stereocenters. The molecule has 126 valence electrons. The Balaban J connectivity index is 1.77. The summed E-state index contributed by atoms with van der Waals surface area (Å²) in [6, 6.07) is 18.4. The maximum absolute atomic E-state index is 9.59. The molecule has 1 heterocycles. The van der Waals surface area contributed by atoms with Gasteiger partial charge in [0.05, 0.1) is 0 Å². The number of hydrogen-bond donors (Lipinski definition) is 1. The van der Waals surface area contributed by atoms with Crippen molar-refractivity contribution in [2.45, 2.75) is 9.79 Å². The highest BCUT2D eigenvalue weighted by Crippen LogP contribution is 2.30. The molecule has 0 aromatic heterocycles. The molecule has 0 saturated carbocycles. The fraction of sp³-hybridized carbons (Fsp3) is 0.316. The number of rotatable bonds is 5. The molecule has 0 unspecified atom stereocenters. The molecule has 1 N–H and O–H groups in total. The van der Waals surface area contributed by atoms with E-state index >= 15 is 0 Å². The number of oxime groups is 1. The third-order valence-electron chi connectivity index (χ3n) is 4.26. The van der Waals surface area contributed by atoms with Crippen LogP contribution in [-0.2, 0) is 0 Å². The first-order valence-corrected chi connectivity index (χ1v) is 9.02. The van der Waals surface area contributed by atoms with Crippen LogP contribution in [0.5, 0.6) is 0 Å². The fourth-order valence-electron chi connectivity index (χ4n) is 2.80. The van der Waals surface area contributed by atoms with Gasteiger partial charge < -0.3 is 10.1 Å². The van der Waals surface area contributed by atoms with Crippen molar-refractivity contribution in [2.24, 2.45) is 5.16 Å². The highest BCUT2D eigenvalue weighted by atomic mass is 32.2. The van der Waals surface area contributed by atoms with Crippen LogP contribution in [0.3, 0.4) is 0 Å². The molecule has 1 aliphatic rings. The Kier molecular flexibility index (Phi) is 5.91. The average Bonchev–Trinajstić information content (AvgIpc) is 2.63. The molecule has 3 rings (SSSR count). The van der Waals surface area contributed by atoms with E-state index in [0.717, 1.165) is 42.3 Å². The molecule has 2 aromatic carbocycles. The molecular weight excluding hydrogens is 318 g/mol. The van der Waals surface area contributed by atoms with Gasteiger partial charge in [-0.25, -0.2) is 0 Å². The molecule has 4 nitrogen and oxygen atoms in total. The van der Waals surface area contributed by atoms with Gasteiger partial charge >= 0.3 is 0 Å². The largest absolute Gasteiger partial charge is 0.411 e. The predicted octanol–water partition coefficient (Wildman–Crippen LogP) is 3.26. The van der Waals surface area contributed by atoms with Crippen molar-refractivity contribution in [3.63, 3.8) is 0 Å². The number of benzene rings is 2. The van der Waals surface area contributed by atoms with Gasteiger partial charge in [-0.15, -0.1) is 0 Å². The molecule has 1 saturated heterocycles. The first kappa shape index (κ1) is 17.0. The quantitative estimate of drug-likeness (QED) is 0.515. The number of nitrogens with zero attached hydrogens (tertiary/aromatic N) is 3. The van der Waals surface area contributed by atoms with E-state index in [4.69, 9.17) is 0 Å². The number of piperazine rings is 1. The van der Waals surface area contributed by atoms with E-state index < -0.39 is 0 Å². The molecule has 0 amide bonds. The molecule has 0 radical (unpaired) electrons. The van der Waals surface area contributed by atoms with Crippen LogP contribution in [0.25, 0.3) is 0 Å². The van der Waals surface area contributed by atoms with E-state index in [1.165, 1.54) is 4.90 Å². The lowest BCUT2D eigenvalue weighted by atomic mass is 10.1. The number of hydrogen-bond acceptors (Lipinski definition) is 5. The summed E-state index contributed by atoms with van der Waals surface area (Å²) in [6.45, 7) is 4.79. The van der Waals surface area contributed by atoms with Crippen LogP contribution in [0.1, 0.15) is 5.56 Å². The fourth-order valence-corrected chi connectivity index (χ4v) is 3.79. The molecular formula is C19H23N3OS. The predicted molar refractivity (Wildman–Crippen MR) is 99.3 cm³/mol. The van der Waals surface area contributed by atoms with Crippen molar-refractivity contribution >= 4 is 17.5 Å². The van der Waals surface area contributed by atoms with Gasteiger partial charge in [-0.05, 0) is 25.2 Å². The lowest BCUT2D eigenvalue weighted by molar-refractivity contribution is 0.169. The van der Waals surface area contributed by atoms with Gasteiger partial charge in [-0.1, -0.05) is 53.3 Å². The van der Waals surface area contributed by atoms with E-state index in [2.05, 4.69) is 40.2 Å². The Bertz CT molecular complexity index is 682. The topological polar surface area (TPSA) is 39.1 Å². The summed E-state index contributed by atoms with van der Waals surface area (Å²) in [5.41, 5.74) is 1.74. The molecule has 5 heteroatoms. The van der Waals surface area contributed by atoms with E-state index in [1.807, 2.05) is 36.4 Å². The zero-order chi connectivity index (χ0) is 16.8. The normalized spacial score (nSPS) is 17.1. The second-order valence-corrected chi connectivity index (χ2v) is 7.15. The molecule has 24 heavy (non-hydrogen) atoms. The highest BCUT2D eigenvalue weighted by Gasteiger charge is 2.18. The standard InChI is InChI=1S/C19H23N3OS/c1-21-11-13-22(14-12-21)15-18(20-23)17-9-5-6-10-19(17)24-16-7-3-2-4-8-16/h2-10,23H,11-15H2,1H3/b20-18+. The van der Waals surface area contributed by atoms with Gasteiger partial charge in [-0.3, -0.25) is 4.90 Å². The molecule has 1 fully saturated rings. The molecule has 0 spiro atoms. The molecule has 1 aliphatic heterocycles. The maximum atomic E-state index is 9.59. The highest BCUT2D eigenvalue weighted by molar-refractivity contribution is 7.99. The van der Waals surface area contributed by atoms with Gasteiger partial charge in [0.2, 0.25) is 0 Å². The van der Waals surface area contributed by atoms with Crippen LogP contribution in [0.2, 0.25) is 0 Å². The summed E-state index contributed by atoms with van der Waals surface area (Å²) in [5.74, 6) is 0. The summed E-state index contributed by atoms with van der Waals surface area (Å²) in [6.07, 6.45) is 0. The smallest absolute Gasteiger partial charge is 0.102 e. The summed E-state index contributed by atoms with van der Waals surface area (Å²) in [5, 5.41) is 13.2. The second kappa shape index (κ2) is 8.33. The first-order valence-electron chi connectivity index (χ1n) is 8.20. The van der Waals surface area contributed by atoms with Crippen LogP contribution in [0, 0.1) is 0 Å². The third-order valence-corrected chi connectivity index (χ3v) is 5.34. The van der Waals surface area contributed by atoms with Crippen LogP contribution < -0.4 is 0 Å². The van der Waals surface area contributed by atoms with Gasteiger partial charge in [0, 0.05) is 48.1 Å². The Morgan fingerprint density at radius 3 is 2.38 bits per heavy atom. The molecule has 0 bridgehead atoms. The lowest BCUT2D eigenvalue weighted by Gasteiger charge is -2.32. The summed E-state index contributed by atoms with van der Waals surface area (Å²) in [4.78, 5) is 6.97. The monoisotopic (exact) mass is 341 g/mol. The maximum Gasteiger partial charge on any atom is 0.102 e. The van der Waals surface area contributed by atoms with E-state index in [1.54, 1.807) is 11.8 Å². The van der Waals surface area contributed by atoms with Gasteiger partial charge in [0.25, 0.3) is 0 Å². The Morgan fingerprint density at radius 2 is 1.67 bits per heavy atom. The van der Waals surface area contributed by atoms with Crippen molar-refractivity contribution in [1.82, 2.24) is 9.80 Å². The SMILES string of the molecule is CN1CCN(C/C(=N\O)c2ccccc2Sc2ccccc2)CC1. The number of likely N-dealkylation sites (N-methyl/N-ethyl adjacent to an activating group) is 1. The van der Waals surface area contributed by atoms with Crippen LogP contribution >= 0.6 is 11.8 Å². The van der Waals surface area contributed by atoms with Crippen LogP contribution in [0.15, 0.2) is 69.5 Å². The zero-order valence-electron chi connectivity index (χ0n) is 13.9. The van der Waals surface area contributed by atoms with Crippen LogP contribution in [0.4, 0.5) is 0 Å². The Hall–Kier alpha value is -1.82. The molecule has 0 aliphatic carbocycles. The van der Waals surface area contributed by atoms with Gasteiger partial charge in [0.15, 0.2) is 0 Å². The summed E-state index contributed by atoms with van der Waals surface area (Å²) >= 11 is 1.70. The minimum atomic E-state index is 0.677. The average molecular weight is 341 g/mol. The Labute approximate surface area is 147 Å². The van der Waals surface area contributed by atoms with Crippen molar-refractivity contribution < 1.29 is 5.21 Å². The van der Waals surface area contributed by atoms with Crippen LogP contribution in [-0.4, -0.2) is 60.5 Å². The summed E-state index contributed by atoms with van der Waals surface area (Å²) < 4.78 is 0. The first-order chi connectivity index (χ1) is 11.8. The lowest BCUT2D eigenvalue weighted by Crippen LogP contribution is -2.46. The van der Waals surface area contributed by atoms with E-state index in [9.17, 15) is 5.21 Å². The van der Waals surface area contributed by atoms with Crippen molar-refractivity contribution in [3.05, 3.63) is 60.2 Å². The van der Waals surface area contributed by atoms with Crippen molar-refractivity contribution in [2.75, 3.05) is 39.8 Å².